The summed E-state index contributed by atoms with van der Waals surface area (Å²) in [6.45, 7) is 3.61. The first kappa shape index (κ1) is 41.5. The third-order valence-electron chi connectivity index (χ3n) is 6.30. The number of benzene rings is 2. The standard InChI is InChI=1S/2C13H12F2NO2S.2C5H5.Ti/c2*1-10-4-6-12(7-5-10)19(17,18)16-13(15)8-2-3-11(14)9-13;2*1-2-4-5-3-1;/h2*2-9,16H,1H3;2*1-3H,4H2;/q4*-1;+4. The normalized spacial score (nSPS) is 21.3. The van der Waals surface area contributed by atoms with Crippen LogP contribution >= 0.6 is 0 Å². The Labute approximate surface area is 301 Å². The quantitative estimate of drug-likeness (QED) is 0.137. The van der Waals surface area contributed by atoms with E-state index in [1.54, 1.807) is 38.1 Å². The van der Waals surface area contributed by atoms with Gasteiger partial charge in [-0.3, -0.25) is 12.2 Å². The molecule has 0 spiro atoms. The van der Waals surface area contributed by atoms with Gasteiger partial charge in [-0.05, 0) is 49.8 Å². The Kier molecular flexibility index (Phi) is 16.0. The first-order chi connectivity index (χ1) is 22.6. The SMILES string of the molecule is Cc1ccc(S(=O)(=O)NC2(F)C=CC=C(F)[CH-]2)cc1.Cc1ccc(S(=O)(=O)NC2(F)C=CC=C(F)[CH-]2)cc1.[C-]1=CC=CC1.[C-]1=CC=CC1.[Ti+4]. The summed E-state index contributed by atoms with van der Waals surface area (Å²) in [7, 11) is -8.12. The Balaban J connectivity index is 0.000000260. The molecule has 0 bridgehead atoms. The number of alkyl halides is 2. The van der Waals surface area contributed by atoms with Crippen molar-refractivity contribution in [2.24, 2.45) is 0 Å². The molecule has 4 aliphatic rings. The van der Waals surface area contributed by atoms with Crippen molar-refractivity contribution in [1.29, 1.82) is 0 Å². The molecule has 2 unspecified atom stereocenters. The van der Waals surface area contributed by atoms with Crippen molar-refractivity contribution in [1.82, 2.24) is 9.44 Å². The van der Waals surface area contributed by atoms with Gasteiger partial charge in [0.15, 0.2) is 0 Å². The molecule has 0 aromatic heterocycles. The van der Waals surface area contributed by atoms with E-state index in [-0.39, 0.29) is 31.5 Å². The molecule has 0 radical (unpaired) electrons. The van der Waals surface area contributed by atoms with Gasteiger partial charge in [-0.15, -0.1) is 37.8 Å². The van der Waals surface area contributed by atoms with E-state index < -0.39 is 43.3 Å². The summed E-state index contributed by atoms with van der Waals surface area (Å²) in [5, 5.41) is 0. The van der Waals surface area contributed by atoms with E-state index in [1.165, 1.54) is 24.3 Å². The Bertz CT molecular complexity index is 1710. The fourth-order valence-electron chi connectivity index (χ4n) is 3.93. The van der Waals surface area contributed by atoms with Crippen LogP contribution < -0.4 is 9.44 Å². The molecule has 6 rings (SSSR count). The summed E-state index contributed by atoms with van der Waals surface area (Å²) >= 11 is 0. The van der Waals surface area contributed by atoms with Gasteiger partial charge in [-0.1, -0.05) is 47.5 Å². The van der Waals surface area contributed by atoms with Crippen LogP contribution in [-0.2, 0) is 41.8 Å². The molecular weight excluding hydrogens is 712 g/mol. The van der Waals surface area contributed by atoms with Crippen LogP contribution in [0.15, 0.2) is 143 Å². The Hall–Kier alpha value is -3.65. The summed E-state index contributed by atoms with van der Waals surface area (Å²) in [6.07, 6.45) is 27.3. The molecule has 2 aromatic rings. The fourth-order valence-corrected chi connectivity index (χ4v) is 6.23. The first-order valence-electron chi connectivity index (χ1n) is 14.5. The maximum Gasteiger partial charge on any atom is 4.00 e. The Morgan fingerprint density at radius 1 is 0.633 bits per heavy atom. The van der Waals surface area contributed by atoms with Crippen molar-refractivity contribution in [2.45, 2.75) is 48.1 Å². The predicted molar refractivity (Wildman–Crippen MR) is 179 cm³/mol. The van der Waals surface area contributed by atoms with E-state index in [2.05, 4.69) is 24.3 Å². The maximum absolute atomic E-state index is 14.2. The molecule has 13 heteroatoms. The minimum absolute atomic E-state index is 0. The average Bonchev–Trinajstić information content (AvgIpc) is 3.77. The van der Waals surface area contributed by atoms with Crippen LogP contribution in [0.2, 0.25) is 0 Å². The van der Waals surface area contributed by atoms with E-state index in [9.17, 15) is 34.4 Å². The zero-order chi connectivity index (χ0) is 35.3. The minimum Gasteiger partial charge on any atom is -0.273 e. The van der Waals surface area contributed by atoms with Crippen molar-refractivity contribution in [3.8, 4) is 0 Å². The molecule has 49 heavy (non-hydrogen) atoms. The molecular formula is C36H34F4N2O4S2Ti. The average molecular weight is 747 g/mol. The molecule has 2 N–H and O–H groups in total. The van der Waals surface area contributed by atoms with Gasteiger partial charge in [0.05, 0.1) is 9.79 Å². The maximum atomic E-state index is 14.2. The topological polar surface area (TPSA) is 92.3 Å². The van der Waals surface area contributed by atoms with Crippen LogP contribution in [0, 0.1) is 38.8 Å². The fraction of sp³-hybridized carbons (Fsp3) is 0.167. The molecule has 6 nitrogen and oxygen atoms in total. The van der Waals surface area contributed by atoms with E-state index in [0.29, 0.717) is 12.8 Å². The molecule has 0 amide bonds. The van der Waals surface area contributed by atoms with Crippen LogP contribution in [0.5, 0.6) is 0 Å². The smallest absolute Gasteiger partial charge is 0.273 e. The molecule has 0 saturated heterocycles. The Morgan fingerprint density at radius 2 is 0.980 bits per heavy atom. The number of hydrogen-bond acceptors (Lipinski definition) is 4. The molecule has 0 saturated carbocycles. The first-order valence-corrected chi connectivity index (χ1v) is 17.4. The number of allylic oxidation sites excluding steroid dienone is 12. The number of rotatable bonds is 6. The van der Waals surface area contributed by atoms with Gasteiger partial charge < -0.3 is 0 Å². The van der Waals surface area contributed by atoms with Crippen molar-refractivity contribution in [3.05, 3.63) is 169 Å². The predicted octanol–water partition coefficient (Wildman–Crippen LogP) is 7.74. The van der Waals surface area contributed by atoms with Crippen molar-refractivity contribution in [3.63, 3.8) is 0 Å². The van der Waals surface area contributed by atoms with Crippen LogP contribution in [0.25, 0.3) is 0 Å². The van der Waals surface area contributed by atoms with Crippen molar-refractivity contribution >= 4 is 20.0 Å². The van der Waals surface area contributed by atoms with E-state index >= 15 is 0 Å². The summed E-state index contributed by atoms with van der Waals surface area (Å²) in [5.74, 6) is -6.78. The minimum atomic E-state index is -4.06. The number of nitrogens with one attached hydrogen (secondary N) is 2. The van der Waals surface area contributed by atoms with E-state index in [0.717, 1.165) is 60.4 Å². The Morgan fingerprint density at radius 3 is 1.22 bits per heavy atom. The second-order valence-corrected chi connectivity index (χ2v) is 13.9. The molecule has 256 valence electrons. The molecule has 0 heterocycles. The number of aryl methyl sites for hydroxylation is 2. The van der Waals surface area contributed by atoms with Gasteiger partial charge >= 0.3 is 21.7 Å². The summed E-state index contributed by atoms with van der Waals surface area (Å²) in [6, 6.07) is 11.8. The van der Waals surface area contributed by atoms with Crippen LogP contribution in [0.4, 0.5) is 17.6 Å². The van der Waals surface area contributed by atoms with Crippen LogP contribution in [0.1, 0.15) is 24.0 Å². The monoisotopic (exact) mass is 746 g/mol. The summed E-state index contributed by atoms with van der Waals surface area (Å²) in [4.78, 5) is -0.154. The number of halogens is 4. The van der Waals surface area contributed by atoms with Gasteiger partial charge in [0.2, 0.25) is 20.0 Å². The third-order valence-corrected chi connectivity index (χ3v) is 9.25. The van der Waals surface area contributed by atoms with Gasteiger partial charge in [0.25, 0.3) is 0 Å². The van der Waals surface area contributed by atoms with Crippen LogP contribution in [-0.4, -0.2) is 28.4 Å². The molecule has 0 fully saturated rings. The van der Waals surface area contributed by atoms with Gasteiger partial charge in [-0.2, -0.15) is 33.7 Å². The second kappa shape index (κ2) is 18.9. The molecule has 2 aromatic carbocycles. The largest absolute Gasteiger partial charge is 4.00 e. The van der Waals surface area contributed by atoms with Gasteiger partial charge in [0.1, 0.15) is 11.6 Å². The number of sulfonamides is 2. The van der Waals surface area contributed by atoms with Gasteiger partial charge in [-0.25, -0.2) is 58.7 Å². The molecule has 0 aliphatic heterocycles. The second-order valence-electron chi connectivity index (χ2n) is 10.5. The van der Waals surface area contributed by atoms with E-state index in [4.69, 9.17) is 0 Å². The van der Waals surface area contributed by atoms with Crippen LogP contribution in [0.3, 0.4) is 0 Å². The van der Waals surface area contributed by atoms with E-state index in [1.807, 2.05) is 33.7 Å². The van der Waals surface area contributed by atoms with Crippen molar-refractivity contribution < 1.29 is 56.1 Å². The van der Waals surface area contributed by atoms with Gasteiger partial charge in [0, 0.05) is 0 Å². The number of hydrogen-bond donors (Lipinski definition) is 2. The zero-order valence-electron chi connectivity index (χ0n) is 26.6. The van der Waals surface area contributed by atoms with Crippen molar-refractivity contribution in [2.75, 3.05) is 0 Å². The molecule has 4 aliphatic carbocycles. The third kappa shape index (κ3) is 14.4. The summed E-state index contributed by atoms with van der Waals surface area (Å²) in [5.41, 5.74) is 1.76. The molecule has 2 atom stereocenters. The summed E-state index contributed by atoms with van der Waals surface area (Å²) < 4.78 is 106. The zero-order valence-corrected chi connectivity index (χ0v) is 29.8.